The van der Waals surface area contributed by atoms with Gasteiger partial charge < -0.3 is 0 Å². The maximum absolute atomic E-state index is 12.3. The predicted octanol–water partition coefficient (Wildman–Crippen LogP) is 3.22. The van der Waals surface area contributed by atoms with Crippen LogP contribution in [0.2, 0.25) is 5.02 Å². The summed E-state index contributed by atoms with van der Waals surface area (Å²) in [6.07, 6.45) is 0. The predicted molar refractivity (Wildman–Crippen MR) is 71.3 cm³/mol. The van der Waals surface area contributed by atoms with Crippen molar-refractivity contribution in [2.24, 2.45) is 7.05 Å². The molecule has 0 fully saturated rings. The number of halogens is 3. The van der Waals surface area contributed by atoms with Crippen LogP contribution in [0.3, 0.4) is 0 Å². The van der Waals surface area contributed by atoms with Crippen molar-refractivity contribution in [3.63, 3.8) is 0 Å². The van der Waals surface area contributed by atoms with E-state index in [1.807, 2.05) is 0 Å². The molecule has 0 spiro atoms. The molecule has 17 heavy (non-hydrogen) atoms. The molecule has 88 valence electrons. The third-order valence-corrected chi connectivity index (χ3v) is 3.53. The Morgan fingerprint density at radius 1 is 1.41 bits per heavy atom. The molecule has 4 nitrogen and oxygen atoms in total. The second-order valence-electron chi connectivity index (χ2n) is 3.31. The van der Waals surface area contributed by atoms with Gasteiger partial charge in [0, 0.05) is 17.1 Å². The minimum absolute atomic E-state index is 0.226. The van der Waals surface area contributed by atoms with Crippen LogP contribution in [0.4, 0.5) is 0 Å². The van der Waals surface area contributed by atoms with E-state index in [0.717, 1.165) is 4.47 Å². The molecule has 0 bridgehead atoms. The molecule has 1 heterocycles. The molecule has 0 saturated heterocycles. The molecule has 0 aliphatic rings. The van der Waals surface area contributed by atoms with Crippen LogP contribution in [0.5, 0.6) is 0 Å². The van der Waals surface area contributed by atoms with E-state index in [9.17, 15) is 4.79 Å². The second-order valence-corrected chi connectivity index (χ2v) is 5.38. The summed E-state index contributed by atoms with van der Waals surface area (Å²) in [6, 6.07) is 5.11. The van der Waals surface area contributed by atoms with Crippen molar-refractivity contribution in [1.29, 1.82) is 0 Å². The van der Waals surface area contributed by atoms with Crippen molar-refractivity contribution in [3.05, 3.63) is 43.6 Å². The summed E-state index contributed by atoms with van der Waals surface area (Å²) in [5.41, 5.74) is 0.775. The number of benzene rings is 1. The van der Waals surface area contributed by atoms with Gasteiger partial charge in [0.1, 0.15) is 5.69 Å². The molecule has 2 aromatic rings. The third kappa shape index (κ3) is 2.43. The van der Waals surface area contributed by atoms with Crippen LogP contribution in [-0.4, -0.2) is 20.8 Å². The van der Waals surface area contributed by atoms with E-state index >= 15 is 0 Å². The van der Waals surface area contributed by atoms with Gasteiger partial charge in [0.25, 0.3) is 0 Å². The molecule has 0 saturated carbocycles. The molecule has 0 amide bonds. The van der Waals surface area contributed by atoms with Gasteiger partial charge in [-0.1, -0.05) is 32.7 Å². The standard InChI is InChI=1S/C10H6Br2ClN3O/c1-16-8(10(12)14-15-16)9(17)6-4-5(11)2-3-7(6)13/h2-4H,1H3. The molecule has 1 aromatic carbocycles. The molecule has 0 radical (unpaired) electrons. The Labute approximate surface area is 119 Å². The van der Waals surface area contributed by atoms with Gasteiger partial charge in [-0.15, -0.1) is 5.10 Å². The monoisotopic (exact) mass is 377 g/mol. The maximum atomic E-state index is 12.3. The van der Waals surface area contributed by atoms with Crippen LogP contribution < -0.4 is 0 Å². The van der Waals surface area contributed by atoms with Crippen LogP contribution in [0.1, 0.15) is 16.1 Å². The van der Waals surface area contributed by atoms with E-state index in [1.54, 1.807) is 25.2 Å². The zero-order valence-corrected chi connectivity index (χ0v) is 12.5. The molecule has 0 atom stereocenters. The van der Waals surface area contributed by atoms with E-state index in [0.29, 0.717) is 20.9 Å². The van der Waals surface area contributed by atoms with E-state index in [4.69, 9.17) is 11.6 Å². The summed E-state index contributed by atoms with van der Waals surface area (Å²) in [7, 11) is 1.65. The highest BCUT2D eigenvalue weighted by Gasteiger charge is 2.21. The quantitative estimate of drug-likeness (QED) is 0.753. The Kier molecular flexibility index (Phi) is 3.65. The van der Waals surface area contributed by atoms with Gasteiger partial charge in [-0.05, 0) is 34.1 Å². The number of aryl methyl sites for hydroxylation is 1. The normalized spacial score (nSPS) is 10.6. The van der Waals surface area contributed by atoms with E-state index < -0.39 is 0 Å². The van der Waals surface area contributed by atoms with Crippen molar-refractivity contribution in [2.75, 3.05) is 0 Å². The molecular formula is C10H6Br2ClN3O. The van der Waals surface area contributed by atoms with Crippen molar-refractivity contribution in [2.45, 2.75) is 0 Å². The van der Waals surface area contributed by atoms with E-state index in [2.05, 4.69) is 42.2 Å². The zero-order valence-electron chi connectivity index (χ0n) is 8.62. The number of aromatic nitrogens is 3. The average Bonchev–Trinajstić information content (AvgIpc) is 2.61. The molecule has 7 heteroatoms. The first-order chi connectivity index (χ1) is 8.00. The number of hydrogen-bond donors (Lipinski definition) is 0. The molecule has 2 rings (SSSR count). The fraction of sp³-hybridized carbons (Fsp3) is 0.100. The summed E-state index contributed by atoms with van der Waals surface area (Å²) >= 11 is 12.5. The Balaban J connectivity index is 2.55. The minimum Gasteiger partial charge on any atom is -0.287 e. The van der Waals surface area contributed by atoms with Crippen LogP contribution in [-0.2, 0) is 7.05 Å². The average molecular weight is 379 g/mol. The molecule has 0 unspecified atom stereocenters. The summed E-state index contributed by atoms with van der Waals surface area (Å²) < 4.78 is 2.60. The van der Waals surface area contributed by atoms with Crippen LogP contribution in [0.25, 0.3) is 0 Å². The highest BCUT2D eigenvalue weighted by molar-refractivity contribution is 9.10. The van der Waals surface area contributed by atoms with Crippen molar-refractivity contribution in [1.82, 2.24) is 15.0 Å². The van der Waals surface area contributed by atoms with Gasteiger partial charge in [-0.25, -0.2) is 4.68 Å². The van der Waals surface area contributed by atoms with Crippen molar-refractivity contribution < 1.29 is 4.79 Å². The van der Waals surface area contributed by atoms with Gasteiger partial charge in [0.2, 0.25) is 5.78 Å². The fourth-order valence-electron chi connectivity index (χ4n) is 1.37. The first-order valence-electron chi connectivity index (χ1n) is 4.55. The van der Waals surface area contributed by atoms with E-state index in [-0.39, 0.29) is 5.78 Å². The number of hydrogen-bond acceptors (Lipinski definition) is 3. The minimum atomic E-state index is -0.226. The van der Waals surface area contributed by atoms with Crippen LogP contribution in [0.15, 0.2) is 27.3 Å². The molecule has 1 aromatic heterocycles. The van der Waals surface area contributed by atoms with E-state index in [1.165, 1.54) is 4.68 Å². The number of nitrogens with zero attached hydrogens (tertiary/aromatic N) is 3. The van der Waals surface area contributed by atoms with Gasteiger partial charge in [0.15, 0.2) is 4.60 Å². The molecule has 0 N–H and O–H groups in total. The van der Waals surface area contributed by atoms with Gasteiger partial charge in [-0.2, -0.15) is 0 Å². The Hall–Kier alpha value is -0.720. The number of rotatable bonds is 2. The Morgan fingerprint density at radius 2 is 2.12 bits per heavy atom. The number of ketones is 1. The smallest absolute Gasteiger partial charge is 0.215 e. The summed E-state index contributed by atoms with van der Waals surface area (Å²) in [5.74, 6) is -0.226. The maximum Gasteiger partial charge on any atom is 0.215 e. The van der Waals surface area contributed by atoms with Gasteiger partial charge in [-0.3, -0.25) is 4.79 Å². The number of carbonyl (C=O) groups excluding carboxylic acids is 1. The van der Waals surface area contributed by atoms with Crippen molar-refractivity contribution in [3.8, 4) is 0 Å². The second kappa shape index (κ2) is 4.88. The lowest BCUT2D eigenvalue weighted by atomic mass is 10.1. The zero-order chi connectivity index (χ0) is 12.6. The fourth-order valence-corrected chi connectivity index (χ4v) is 2.44. The lowest BCUT2D eigenvalue weighted by Gasteiger charge is -2.04. The topological polar surface area (TPSA) is 47.8 Å². The first-order valence-corrected chi connectivity index (χ1v) is 6.52. The largest absolute Gasteiger partial charge is 0.287 e. The summed E-state index contributed by atoms with van der Waals surface area (Å²) in [5, 5.41) is 7.92. The van der Waals surface area contributed by atoms with Crippen molar-refractivity contribution >= 4 is 49.2 Å². The summed E-state index contributed by atoms with van der Waals surface area (Å²) in [4.78, 5) is 12.3. The number of carbonyl (C=O) groups is 1. The van der Waals surface area contributed by atoms with Crippen LogP contribution >= 0.6 is 43.5 Å². The van der Waals surface area contributed by atoms with Gasteiger partial charge in [0.05, 0.1) is 5.02 Å². The highest BCUT2D eigenvalue weighted by atomic mass is 79.9. The Morgan fingerprint density at radius 3 is 2.71 bits per heavy atom. The lowest BCUT2D eigenvalue weighted by molar-refractivity contribution is 0.102. The lowest BCUT2D eigenvalue weighted by Crippen LogP contribution is -2.09. The SMILES string of the molecule is Cn1nnc(Br)c1C(=O)c1cc(Br)ccc1Cl. The third-order valence-electron chi connectivity index (χ3n) is 2.17. The highest BCUT2D eigenvalue weighted by Crippen LogP contribution is 2.25. The first kappa shape index (κ1) is 12.7. The molecule has 0 aliphatic heterocycles. The van der Waals surface area contributed by atoms with Gasteiger partial charge >= 0.3 is 0 Å². The summed E-state index contributed by atoms with van der Waals surface area (Å²) in [6.45, 7) is 0. The molecular weight excluding hydrogens is 373 g/mol. The molecule has 0 aliphatic carbocycles. The van der Waals surface area contributed by atoms with Crippen LogP contribution in [0, 0.1) is 0 Å². The Bertz CT molecular complexity index is 578.